The summed E-state index contributed by atoms with van der Waals surface area (Å²) in [6.07, 6.45) is 5.87. The summed E-state index contributed by atoms with van der Waals surface area (Å²) in [5.74, 6) is -0.657. The molecule has 0 fully saturated rings. The van der Waals surface area contributed by atoms with Crippen molar-refractivity contribution in [3.05, 3.63) is 73.0 Å². The van der Waals surface area contributed by atoms with E-state index >= 15 is 0 Å². The minimum Gasteiger partial charge on any atom is -0.465 e. The third-order valence-corrected chi connectivity index (χ3v) is 9.39. The third-order valence-electron chi connectivity index (χ3n) is 7.58. The van der Waals surface area contributed by atoms with E-state index in [1.54, 1.807) is 11.3 Å². The van der Waals surface area contributed by atoms with Gasteiger partial charge in [0.25, 0.3) is 0 Å². The molecule has 2 aliphatic carbocycles. The van der Waals surface area contributed by atoms with Crippen molar-refractivity contribution < 1.29 is 14.3 Å². The summed E-state index contributed by atoms with van der Waals surface area (Å²) in [6, 6.07) is 10.0. The molecule has 0 spiro atoms. The standard InChI is InChI=1S/C29H30BrN3O3S/c1-29(2)13-20-25(21(34)14-29)23(16-9-11-17(30)12-10-16)19(15-31)26(32)33(20)27-24(28(35)36-3)18-7-5-4-6-8-22(18)37-27/h9-12,23H,4-8,13-14,32H2,1-3H3. The highest BCUT2D eigenvalue weighted by Gasteiger charge is 2.46. The fourth-order valence-electron chi connectivity index (χ4n) is 5.93. The van der Waals surface area contributed by atoms with Crippen LogP contribution in [0.3, 0.4) is 0 Å². The van der Waals surface area contributed by atoms with Crippen molar-refractivity contribution in [1.29, 1.82) is 5.26 Å². The minimum absolute atomic E-state index is 0.0159. The number of ketones is 1. The Hall–Kier alpha value is -2.89. The molecule has 2 aromatic rings. The maximum atomic E-state index is 13.8. The van der Waals surface area contributed by atoms with Gasteiger partial charge in [-0.1, -0.05) is 48.3 Å². The van der Waals surface area contributed by atoms with Crippen molar-refractivity contribution in [2.45, 2.75) is 64.7 Å². The number of nitrogens with zero attached hydrogens (tertiary/aromatic N) is 2. The molecule has 2 N–H and O–H groups in total. The van der Waals surface area contributed by atoms with Crippen LogP contribution < -0.4 is 10.6 Å². The van der Waals surface area contributed by atoms with Gasteiger partial charge in [-0.05, 0) is 60.8 Å². The summed E-state index contributed by atoms with van der Waals surface area (Å²) < 4.78 is 6.17. The number of aryl methyl sites for hydroxylation is 1. The average Bonchev–Trinajstić information content (AvgIpc) is 3.04. The molecule has 0 bridgehead atoms. The topological polar surface area (TPSA) is 96.4 Å². The predicted octanol–water partition coefficient (Wildman–Crippen LogP) is 6.51. The highest BCUT2D eigenvalue weighted by molar-refractivity contribution is 9.10. The van der Waals surface area contributed by atoms with Crippen molar-refractivity contribution in [3.8, 4) is 6.07 Å². The quantitative estimate of drug-likeness (QED) is 0.329. The number of thiophene rings is 1. The second kappa shape index (κ2) is 9.77. The second-order valence-electron chi connectivity index (χ2n) is 10.8. The van der Waals surface area contributed by atoms with Gasteiger partial charge >= 0.3 is 5.97 Å². The molecule has 1 aliphatic heterocycles. The smallest absolute Gasteiger partial charge is 0.341 e. The third kappa shape index (κ3) is 4.42. The van der Waals surface area contributed by atoms with Crippen LogP contribution >= 0.6 is 27.3 Å². The van der Waals surface area contributed by atoms with E-state index in [2.05, 4.69) is 35.8 Å². The minimum atomic E-state index is -0.549. The van der Waals surface area contributed by atoms with Crippen LogP contribution in [0.5, 0.6) is 0 Å². The number of methoxy groups -OCH3 is 1. The van der Waals surface area contributed by atoms with Gasteiger partial charge < -0.3 is 10.5 Å². The molecule has 8 heteroatoms. The Morgan fingerprint density at radius 3 is 2.57 bits per heavy atom. The van der Waals surface area contributed by atoms with Crippen molar-refractivity contribution >= 4 is 44.0 Å². The number of benzene rings is 1. The Bertz CT molecular complexity index is 1390. The van der Waals surface area contributed by atoms with Gasteiger partial charge in [-0.2, -0.15) is 5.26 Å². The predicted molar refractivity (Wildman–Crippen MR) is 148 cm³/mol. The lowest BCUT2D eigenvalue weighted by Gasteiger charge is -2.43. The van der Waals surface area contributed by atoms with Crippen molar-refractivity contribution in [2.75, 3.05) is 12.0 Å². The normalized spacial score (nSPS) is 21.2. The summed E-state index contributed by atoms with van der Waals surface area (Å²) in [5.41, 5.74) is 10.7. The van der Waals surface area contributed by atoms with Crippen LogP contribution in [0, 0.1) is 16.7 Å². The van der Waals surface area contributed by atoms with Gasteiger partial charge in [0.1, 0.15) is 10.8 Å². The Morgan fingerprint density at radius 2 is 1.89 bits per heavy atom. The van der Waals surface area contributed by atoms with E-state index in [4.69, 9.17) is 10.5 Å². The van der Waals surface area contributed by atoms with E-state index in [-0.39, 0.29) is 17.0 Å². The van der Waals surface area contributed by atoms with Crippen LogP contribution in [0.1, 0.15) is 78.2 Å². The zero-order valence-electron chi connectivity index (χ0n) is 21.3. The van der Waals surface area contributed by atoms with Gasteiger partial charge in [-0.15, -0.1) is 11.3 Å². The Balaban J connectivity index is 1.80. The van der Waals surface area contributed by atoms with Crippen LogP contribution in [0.25, 0.3) is 0 Å². The molecule has 2 heterocycles. The Kier molecular flexibility index (Phi) is 6.80. The second-order valence-corrected chi connectivity index (χ2v) is 12.8. The molecule has 192 valence electrons. The summed E-state index contributed by atoms with van der Waals surface area (Å²) in [5, 5.41) is 11.0. The van der Waals surface area contributed by atoms with Crippen LogP contribution in [0.4, 0.5) is 5.00 Å². The number of fused-ring (bicyclic) bond motifs is 1. The number of anilines is 1. The van der Waals surface area contributed by atoms with Gasteiger partial charge in [0.15, 0.2) is 5.78 Å². The summed E-state index contributed by atoms with van der Waals surface area (Å²) in [7, 11) is 1.39. The highest BCUT2D eigenvalue weighted by atomic mass is 79.9. The number of nitrogens with two attached hydrogens (primary N) is 1. The zero-order chi connectivity index (χ0) is 26.5. The monoisotopic (exact) mass is 579 g/mol. The van der Waals surface area contributed by atoms with Gasteiger partial charge in [0.2, 0.25) is 0 Å². The number of carbonyl (C=O) groups is 2. The maximum absolute atomic E-state index is 13.8. The van der Waals surface area contributed by atoms with Crippen LogP contribution in [-0.2, 0) is 22.4 Å². The highest BCUT2D eigenvalue weighted by Crippen LogP contribution is 2.53. The summed E-state index contributed by atoms with van der Waals surface area (Å²) >= 11 is 5.03. The lowest BCUT2D eigenvalue weighted by Crippen LogP contribution is -2.42. The van der Waals surface area contributed by atoms with E-state index in [1.807, 2.05) is 29.2 Å². The van der Waals surface area contributed by atoms with E-state index in [9.17, 15) is 14.9 Å². The maximum Gasteiger partial charge on any atom is 0.341 e. The molecular weight excluding hydrogens is 550 g/mol. The van der Waals surface area contributed by atoms with Gasteiger partial charge in [-0.3, -0.25) is 9.69 Å². The number of ether oxygens (including phenoxy) is 1. The SMILES string of the molecule is COC(=O)c1c(N2C(N)=C(C#N)C(c3ccc(Br)cc3)C3=C2CC(C)(C)CC3=O)sc2c1CCCCC2. The number of hydrogen-bond acceptors (Lipinski definition) is 7. The number of carbonyl (C=O) groups excluding carboxylic acids is 2. The molecule has 1 atom stereocenters. The first-order chi connectivity index (χ1) is 17.7. The lowest BCUT2D eigenvalue weighted by atomic mass is 9.68. The number of hydrogen-bond donors (Lipinski definition) is 1. The van der Waals surface area contributed by atoms with E-state index in [0.717, 1.165) is 58.3 Å². The first-order valence-corrected chi connectivity index (χ1v) is 14.2. The molecule has 0 saturated heterocycles. The molecule has 5 rings (SSSR count). The molecule has 37 heavy (non-hydrogen) atoms. The molecule has 6 nitrogen and oxygen atoms in total. The molecule has 0 saturated carbocycles. The number of rotatable bonds is 3. The van der Waals surface area contributed by atoms with Crippen molar-refractivity contribution in [3.63, 3.8) is 0 Å². The largest absolute Gasteiger partial charge is 0.465 e. The first-order valence-electron chi connectivity index (χ1n) is 12.6. The Labute approximate surface area is 229 Å². The van der Waals surface area contributed by atoms with Crippen molar-refractivity contribution in [1.82, 2.24) is 0 Å². The fraction of sp³-hybridized carbons (Fsp3) is 0.414. The molecule has 0 amide bonds. The molecule has 0 radical (unpaired) electrons. The number of Topliss-reactive ketones (excluding diaryl/α,β-unsaturated/α-hetero) is 1. The lowest BCUT2D eigenvalue weighted by molar-refractivity contribution is -0.118. The summed E-state index contributed by atoms with van der Waals surface area (Å²) in [6.45, 7) is 4.15. The first kappa shape index (κ1) is 25.7. The Morgan fingerprint density at radius 1 is 1.19 bits per heavy atom. The molecular formula is C29H30BrN3O3S. The molecule has 1 aromatic heterocycles. The van der Waals surface area contributed by atoms with Crippen LogP contribution in [0.15, 0.2) is 51.4 Å². The zero-order valence-corrected chi connectivity index (χ0v) is 23.7. The fourth-order valence-corrected chi connectivity index (χ4v) is 7.61. The average molecular weight is 581 g/mol. The molecule has 3 aliphatic rings. The van der Waals surface area contributed by atoms with Crippen LogP contribution in [0.2, 0.25) is 0 Å². The molecule has 1 aromatic carbocycles. The van der Waals surface area contributed by atoms with E-state index in [1.165, 1.54) is 7.11 Å². The van der Waals surface area contributed by atoms with Crippen LogP contribution in [-0.4, -0.2) is 18.9 Å². The van der Waals surface area contributed by atoms with Gasteiger partial charge in [-0.25, -0.2) is 4.79 Å². The van der Waals surface area contributed by atoms with E-state index < -0.39 is 11.9 Å². The number of esters is 1. The van der Waals surface area contributed by atoms with Gasteiger partial charge in [0.05, 0.1) is 30.2 Å². The van der Waals surface area contributed by atoms with Crippen molar-refractivity contribution in [2.24, 2.45) is 11.1 Å². The molecule has 1 unspecified atom stereocenters. The van der Waals surface area contributed by atoms with Gasteiger partial charge in [0, 0.05) is 27.0 Å². The summed E-state index contributed by atoms with van der Waals surface area (Å²) in [4.78, 5) is 30.0. The number of allylic oxidation sites excluding steroid dienone is 3. The van der Waals surface area contributed by atoms with E-state index in [0.29, 0.717) is 34.6 Å². The number of nitriles is 1. The number of halogens is 1.